The average molecular weight is 310 g/mol. The van der Waals surface area contributed by atoms with E-state index in [-0.39, 0.29) is 0 Å². The summed E-state index contributed by atoms with van der Waals surface area (Å²) in [6.45, 7) is 10.7. The van der Waals surface area contributed by atoms with Crippen LogP contribution in [0.4, 0.5) is 0 Å². The van der Waals surface area contributed by atoms with Crippen LogP contribution in [0.3, 0.4) is 0 Å². The summed E-state index contributed by atoms with van der Waals surface area (Å²) in [4.78, 5) is 0. The van der Waals surface area contributed by atoms with Crippen LogP contribution in [0.1, 0.15) is 68.2 Å². The summed E-state index contributed by atoms with van der Waals surface area (Å²) < 4.78 is 0. The molecule has 1 N–H and O–H groups in total. The summed E-state index contributed by atoms with van der Waals surface area (Å²) in [5, 5.41) is 10.1. The maximum Gasteiger partial charge on any atom is 0.121 e. The fourth-order valence-corrected chi connectivity index (χ4v) is 3.49. The number of aryl methyl sites for hydroxylation is 3. The van der Waals surface area contributed by atoms with Crippen LogP contribution in [0.25, 0.3) is 11.1 Å². The van der Waals surface area contributed by atoms with Gasteiger partial charge in [0.05, 0.1) is 0 Å². The molecule has 23 heavy (non-hydrogen) atoms. The molecule has 0 heterocycles. The highest BCUT2D eigenvalue weighted by molar-refractivity contribution is 5.71. The van der Waals surface area contributed by atoms with E-state index in [9.17, 15) is 5.11 Å². The zero-order valence-electron chi connectivity index (χ0n) is 15.2. The van der Waals surface area contributed by atoms with Crippen LogP contribution in [0.2, 0.25) is 0 Å². The molecule has 0 bridgehead atoms. The lowest BCUT2D eigenvalue weighted by Crippen LogP contribution is -2.00. The largest absolute Gasteiger partial charge is 0.507 e. The predicted octanol–water partition coefficient (Wildman–Crippen LogP) is 6.53. The van der Waals surface area contributed by atoms with Crippen molar-refractivity contribution >= 4 is 0 Å². The molecule has 0 spiro atoms. The first-order valence-corrected chi connectivity index (χ1v) is 8.95. The zero-order valence-corrected chi connectivity index (χ0v) is 15.2. The molecule has 0 amide bonds. The van der Waals surface area contributed by atoms with Crippen molar-refractivity contribution in [3.63, 3.8) is 0 Å². The first-order chi connectivity index (χ1) is 11.0. The molecule has 0 radical (unpaired) electrons. The molecule has 1 nitrogen and oxygen atoms in total. The van der Waals surface area contributed by atoms with Crippen molar-refractivity contribution in [1.29, 1.82) is 0 Å². The minimum atomic E-state index is 0.419. The van der Waals surface area contributed by atoms with E-state index in [0.717, 1.165) is 36.8 Å². The molecular formula is C22H30O. The Kier molecular flexibility index (Phi) is 5.87. The van der Waals surface area contributed by atoms with Crippen molar-refractivity contribution in [2.24, 2.45) is 0 Å². The van der Waals surface area contributed by atoms with E-state index >= 15 is 0 Å². The lowest BCUT2D eigenvalue weighted by Gasteiger charge is -2.20. The maximum absolute atomic E-state index is 10.1. The predicted molar refractivity (Wildman–Crippen MR) is 100 cm³/mol. The van der Waals surface area contributed by atoms with Crippen LogP contribution < -0.4 is 0 Å². The van der Waals surface area contributed by atoms with Crippen LogP contribution in [0.15, 0.2) is 30.3 Å². The molecule has 0 aromatic heterocycles. The molecule has 0 aliphatic carbocycles. The molecule has 0 aliphatic rings. The van der Waals surface area contributed by atoms with Gasteiger partial charge in [0.2, 0.25) is 0 Å². The Morgan fingerprint density at radius 2 is 1.52 bits per heavy atom. The molecular weight excluding hydrogens is 280 g/mol. The second-order valence-corrected chi connectivity index (χ2v) is 6.64. The van der Waals surface area contributed by atoms with E-state index in [1.165, 1.54) is 22.3 Å². The van der Waals surface area contributed by atoms with Crippen LogP contribution in [-0.4, -0.2) is 5.11 Å². The van der Waals surface area contributed by atoms with Crippen molar-refractivity contribution < 1.29 is 5.11 Å². The van der Waals surface area contributed by atoms with Gasteiger partial charge in [-0.05, 0) is 84.5 Å². The third-order valence-electron chi connectivity index (χ3n) is 4.88. The summed E-state index contributed by atoms with van der Waals surface area (Å²) in [5.74, 6) is 1.01. The van der Waals surface area contributed by atoms with Gasteiger partial charge in [0.25, 0.3) is 0 Å². The van der Waals surface area contributed by atoms with Crippen LogP contribution >= 0.6 is 0 Å². The molecule has 2 aromatic rings. The Morgan fingerprint density at radius 3 is 2.04 bits per heavy atom. The van der Waals surface area contributed by atoms with Crippen LogP contribution in [0, 0.1) is 13.8 Å². The molecule has 1 heteroatoms. The van der Waals surface area contributed by atoms with Gasteiger partial charge in [-0.1, -0.05) is 45.4 Å². The van der Waals surface area contributed by atoms with E-state index in [2.05, 4.69) is 51.1 Å². The highest BCUT2D eigenvalue weighted by atomic mass is 16.3. The van der Waals surface area contributed by atoms with Crippen LogP contribution in [0.5, 0.6) is 5.75 Å². The minimum Gasteiger partial charge on any atom is -0.507 e. The number of hydrogen-bond acceptors (Lipinski definition) is 1. The van der Waals surface area contributed by atoms with Crippen LogP contribution in [-0.2, 0) is 6.42 Å². The van der Waals surface area contributed by atoms with Gasteiger partial charge in [0.15, 0.2) is 0 Å². The first-order valence-electron chi connectivity index (χ1n) is 8.95. The molecule has 0 unspecified atom stereocenters. The lowest BCUT2D eigenvalue weighted by atomic mass is 9.85. The Balaban J connectivity index is 2.63. The van der Waals surface area contributed by atoms with E-state index in [1.54, 1.807) is 0 Å². The third kappa shape index (κ3) is 3.77. The number of phenols is 1. The number of hydrogen-bond donors (Lipinski definition) is 1. The highest BCUT2D eigenvalue weighted by Gasteiger charge is 2.15. The summed E-state index contributed by atoms with van der Waals surface area (Å²) >= 11 is 0. The van der Waals surface area contributed by atoms with Crippen molar-refractivity contribution in [3.05, 3.63) is 52.6 Å². The average Bonchev–Trinajstić information content (AvgIpc) is 2.54. The number of phenolic OH excluding ortho intramolecular Hbond substituents is 1. The van der Waals surface area contributed by atoms with E-state index < -0.39 is 0 Å². The normalized spacial score (nSPS) is 11.2. The fraction of sp³-hybridized carbons (Fsp3) is 0.455. The maximum atomic E-state index is 10.1. The van der Waals surface area contributed by atoms with Gasteiger partial charge in [-0.25, -0.2) is 0 Å². The Morgan fingerprint density at radius 1 is 0.913 bits per heavy atom. The smallest absolute Gasteiger partial charge is 0.121 e. The second-order valence-electron chi connectivity index (χ2n) is 6.64. The molecule has 0 atom stereocenters. The number of rotatable bonds is 6. The number of benzene rings is 2. The van der Waals surface area contributed by atoms with Gasteiger partial charge in [0.1, 0.15) is 5.75 Å². The monoisotopic (exact) mass is 310 g/mol. The van der Waals surface area contributed by atoms with Gasteiger partial charge in [0, 0.05) is 0 Å². The molecule has 0 saturated carbocycles. The topological polar surface area (TPSA) is 20.2 Å². The van der Waals surface area contributed by atoms with Crippen molar-refractivity contribution in [1.82, 2.24) is 0 Å². The summed E-state index contributed by atoms with van der Waals surface area (Å²) in [7, 11) is 0. The molecule has 0 aliphatic heterocycles. The summed E-state index contributed by atoms with van der Waals surface area (Å²) in [5.41, 5.74) is 7.33. The number of aromatic hydroxyl groups is 1. The minimum absolute atomic E-state index is 0.419. The van der Waals surface area contributed by atoms with E-state index in [0.29, 0.717) is 11.7 Å². The quantitative estimate of drug-likeness (QED) is 0.643. The van der Waals surface area contributed by atoms with E-state index in [4.69, 9.17) is 0 Å². The third-order valence-corrected chi connectivity index (χ3v) is 4.88. The highest BCUT2D eigenvalue weighted by Crippen LogP contribution is 2.36. The Bertz CT molecular complexity index is 643. The van der Waals surface area contributed by atoms with E-state index in [1.807, 2.05) is 13.8 Å². The second kappa shape index (κ2) is 7.68. The van der Waals surface area contributed by atoms with Crippen molar-refractivity contribution in [3.8, 4) is 16.9 Å². The Labute approximate surface area is 141 Å². The summed E-state index contributed by atoms with van der Waals surface area (Å²) in [6, 6.07) is 11.2. The van der Waals surface area contributed by atoms with Gasteiger partial charge in [-0.2, -0.15) is 0 Å². The molecule has 2 aromatic carbocycles. The zero-order chi connectivity index (χ0) is 17.0. The van der Waals surface area contributed by atoms with Crippen molar-refractivity contribution in [2.45, 2.75) is 66.2 Å². The first kappa shape index (κ1) is 17.6. The fourth-order valence-electron chi connectivity index (χ4n) is 3.49. The molecule has 0 saturated heterocycles. The standard InChI is InChI=1S/C22H30O/c1-6-9-17-10-11-20(18(7-2)8-3)21(14-17)19-12-15(4)22(23)16(5)13-19/h10-14,18,23H,6-9H2,1-5H3. The summed E-state index contributed by atoms with van der Waals surface area (Å²) in [6.07, 6.45) is 4.60. The Hall–Kier alpha value is -1.76. The SMILES string of the molecule is CCCc1ccc(C(CC)CC)c(-c2cc(C)c(O)c(C)c2)c1. The van der Waals surface area contributed by atoms with Crippen molar-refractivity contribution in [2.75, 3.05) is 0 Å². The van der Waals surface area contributed by atoms with Gasteiger partial charge in [-0.3, -0.25) is 0 Å². The molecule has 0 fully saturated rings. The van der Waals surface area contributed by atoms with Gasteiger partial charge in [-0.15, -0.1) is 0 Å². The van der Waals surface area contributed by atoms with Gasteiger partial charge >= 0.3 is 0 Å². The lowest BCUT2D eigenvalue weighted by molar-refractivity contribution is 0.467. The molecule has 2 rings (SSSR count). The van der Waals surface area contributed by atoms with Gasteiger partial charge < -0.3 is 5.11 Å². The molecule has 124 valence electrons.